The lowest BCUT2D eigenvalue weighted by Gasteiger charge is -2.12. The molecule has 1 N–H and O–H groups in total. The Bertz CT molecular complexity index is 610. The van der Waals surface area contributed by atoms with Gasteiger partial charge in [0, 0.05) is 0 Å². The van der Waals surface area contributed by atoms with E-state index in [-0.39, 0.29) is 5.37 Å². The summed E-state index contributed by atoms with van der Waals surface area (Å²) < 4.78 is 16.1. The summed E-state index contributed by atoms with van der Waals surface area (Å²) in [5, 5.41) is 3.63. The molecule has 0 fully saturated rings. The standard InChI is InChI=1S/C16H17NO3S/c1-18-11-6-4-10(5-7-11)16-17-14-12(19-2)8-9-13(20-3)15(14)21-16/h4-9,16-17H,1-3H3. The number of ether oxygens (including phenoxy) is 3. The van der Waals surface area contributed by atoms with E-state index in [9.17, 15) is 0 Å². The van der Waals surface area contributed by atoms with E-state index >= 15 is 0 Å². The molecule has 2 aromatic carbocycles. The number of nitrogens with one attached hydrogen (secondary N) is 1. The summed E-state index contributed by atoms with van der Waals surface area (Å²) in [5.74, 6) is 2.54. The van der Waals surface area contributed by atoms with Crippen LogP contribution in [0, 0.1) is 0 Å². The molecule has 3 rings (SSSR count). The molecule has 1 unspecified atom stereocenters. The van der Waals surface area contributed by atoms with Crippen LogP contribution in [0.4, 0.5) is 5.69 Å². The van der Waals surface area contributed by atoms with Gasteiger partial charge in [0.2, 0.25) is 0 Å². The number of methoxy groups -OCH3 is 3. The second-order valence-corrected chi connectivity index (χ2v) is 5.70. The summed E-state index contributed by atoms with van der Waals surface area (Å²) in [4.78, 5) is 1.08. The molecule has 0 spiro atoms. The quantitative estimate of drug-likeness (QED) is 0.926. The third-order valence-corrected chi connectivity index (χ3v) is 4.72. The summed E-state index contributed by atoms with van der Waals surface area (Å²) >= 11 is 1.73. The molecule has 0 bridgehead atoms. The molecule has 0 radical (unpaired) electrons. The van der Waals surface area contributed by atoms with Crippen LogP contribution in [-0.4, -0.2) is 21.3 Å². The van der Waals surface area contributed by atoms with E-state index < -0.39 is 0 Å². The van der Waals surface area contributed by atoms with Crippen LogP contribution < -0.4 is 19.5 Å². The predicted octanol–water partition coefficient (Wildman–Crippen LogP) is 3.93. The molecule has 4 nitrogen and oxygen atoms in total. The number of rotatable bonds is 4. The van der Waals surface area contributed by atoms with E-state index in [4.69, 9.17) is 14.2 Å². The monoisotopic (exact) mass is 303 g/mol. The lowest BCUT2D eigenvalue weighted by molar-refractivity contribution is 0.396. The van der Waals surface area contributed by atoms with Gasteiger partial charge in [0.1, 0.15) is 22.6 Å². The van der Waals surface area contributed by atoms with Crippen LogP contribution in [0.1, 0.15) is 10.9 Å². The molecule has 0 saturated heterocycles. The smallest absolute Gasteiger partial charge is 0.143 e. The molecule has 2 aromatic rings. The van der Waals surface area contributed by atoms with Gasteiger partial charge >= 0.3 is 0 Å². The number of thioether (sulfide) groups is 1. The van der Waals surface area contributed by atoms with Gasteiger partial charge in [-0.1, -0.05) is 23.9 Å². The Kier molecular flexibility index (Phi) is 3.84. The van der Waals surface area contributed by atoms with Gasteiger partial charge in [-0.2, -0.15) is 0 Å². The summed E-state index contributed by atoms with van der Waals surface area (Å²) in [6, 6.07) is 11.9. The lowest BCUT2D eigenvalue weighted by atomic mass is 10.2. The van der Waals surface area contributed by atoms with Gasteiger partial charge in [0.05, 0.1) is 31.9 Å². The minimum atomic E-state index is 0.135. The Morgan fingerprint density at radius 2 is 1.52 bits per heavy atom. The first-order chi connectivity index (χ1) is 10.3. The Morgan fingerprint density at radius 3 is 2.14 bits per heavy atom. The number of hydrogen-bond acceptors (Lipinski definition) is 5. The number of anilines is 1. The maximum atomic E-state index is 5.44. The molecule has 5 heteroatoms. The molecule has 0 saturated carbocycles. The summed E-state index contributed by atoms with van der Waals surface area (Å²) in [6.45, 7) is 0. The van der Waals surface area contributed by atoms with Gasteiger partial charge in [-0.15, -0.1) is 0 Å². The van der Waals surface area contributed by atoms with Crippen LogP contribution >= 0.6 is 11.8 Å². The largest absolute Gasteiger partial charge is 0.497 e. The van der Waals surface area contributed by atoms with Gasteiger partial charge in [-0.25, -0.2) is 0 Å². The van der Waals surface area contributed by atoms with Crippen molar-refractivity contribution in [1.82, 2.24) is 0 Å². The molecule has 110 valence electrons. The molecule has 21 heavy (non-hydrogen) atoms. The van der Waals surface area contributed by atoms with Gasteiger partial charge in [-0.05, 0) is 29.8 Å². The van der Waals surface area contributed by atoms with Crippen molar-refractivity contribution < 1.29 is 14.2 Å². The normalized spacial score (nSPS) is 16.0. The third-order valence-electron chi connectivity index (χ3n) is 3.45. The molecular formula is C16H17NO3S. The van der Waals surface area contributed by atoms with Crippen molar-refractivity contribution in [1.29, 1.82) is 0 Å². The second-order valence-electron chi connectivity index (χ2n) is 4.59. The molecule has 1 aliphatic rings. The fourth-order valence-electron chi connectivity index (χ4n) is 2.34. The van der Waals surface area contributed by atoms with Crippen LogP contribution in [-0.2, 0) is 0 Å². The average Bonchev–Trinajstić information content (AvgIpc) is 2.99. The van der Waals surface area contributed by atoms with Crippen molar-refractivity contribution in [2.75, 3.05) is 26.6 Å². The highest BCUT2D eigenvalue weighted by Gasteiger charge is 2.28. The van der Waals surface area contributed by atoms with Crippen LogP contribution in [0.25, 0.3) is 0 Å². The van der Waals surface area contributed by atoms with E-state index in [2.05, 4.69) is 17.4 Å². The van der Waals surface area contributed by atoms with Crippen LogP contribution in [0.2, 0.25) is 0 Å². The van der Waals surface area contributed by atoms with Gasteiger partial charge < -0.3 is 19.5 Å². The highest BCUT2D eigenvalue weighted by molar-refractivity contribution is 8.00. The minimum absolute atomic E-state index is 0.135. The highest BCUT2D eigenvalue weighted by atomic mass is 32.2. The van der Waals surface area contributed by atoms with Crippen LogP contribution in [0.3, 0.4) is 0 Å². The van der Waals surface area contributed by atoms with Crippen LogP contribution in [0.15, 0.2) is 41.3 Å². The number of fused-ring (bicyclic) bond motifs is 1. The molecule has 1 heterocycles. The maximum absolute atomic E-state index is 5.44. The first-order valence-corrected chi connectivity index (χ1v) is 7.47. The van der Waals surface area contributed by atoms with Crippen molar-refractivity contribution >= 4 is 17.4 Å². The molecule has 0 aliphatic carbocycles. The minimum Gasteiger partial charge on any atom is -0.497 e. The Morgan fingerprint density at radius 1 is 0.857 bits per heavy atom. The predicted molar refractivity (Wildman–Crippen MR) is 84.8 cm³/mol. The molecule has 1 atom stereocenters. The molecule has 1 aliphatic heterocycles. The topological polar surface area (TPSA) is 39.7 Å². The van der Waals surface area contributed by atoms with E-state index in [1.54, 1.807) is 33.1 Å². The van der Waals surface area contributed by atoms with E-state index in [1.165, 1.54) is 5.56 Å². The highest BCUT2D eigenvalue weighted by Crippen LogP contribution is 2.54. The lowest BCUT2D eigenvalue weighted by Crippen LogP contribution is -2.02. The van der Waals surface area contributed by atoms with Crippen molar-refractivity contribution in [3.05, 3.63) is 42.0 Å². The SMILES string of the molecule is COc1ccc(C2Nc3c(OC)ccc(OC)c3S2)cc1. The zero-order valence-corrected chi connectivity index (χ0v) is 13.0. The number of hydrogen-bond donors (Lipinski definition) is 1. The second kappa shape index (κ2) is 5.77. The summed E-state index contributed by atoms with van der Waals surface area (Å²) in [7, 11) is 5.03. The zero-order chi connectivity index (χ0) is 14.8. The third kappa shape index (κ3) is 2.49. The fourth-order valence-corrected chi connectivity index (χ4v) is 3.59. The van der Waals surface area contributed by atoms with Gasteiger partial charge in [0.15, 0.2) is 0 Å². The average molecular weight is 303 g/mol. The molecular weight excluding hydrogens is 286 g/mol. The Balaban J connectivity index is 1.92. The van der Waals surface area contributed by atoms with Crippen molar-refractivity contribution in [3.8, 4) is 17.2 Å². The van der Waals surface area contributed by atoms with E-state index in [0.29, 0.717) is 0 Å². The van der Waals surface area contributed by atoms with Crippen molar-refractivity contribution in [2.45, 2.75) is 10.3 Å². The zero-order valence-electron chi connectivity index (χ0n) is 12.2. The Hall–Kier alpha value is -2.01. The summed E-state index contributed by atoms with van der Waals surface area (Å²) in [6.07, 6.45) is 0. The first kappa shape index (κ1) is 13.9. The van der Waals surface area contributed by atoms with Crippen LogP contribution in [0.5, 0.6) is 17.2 Å². The Labute approximate surface area is 128 Å². The van der Waals surface area contributed by atoms with Crippen molar-refractivity contribution in [2.24, 2.45) is 0 Å². The molecule has 0 amide bonds. The van der Waals surface area contributed by atoms with Gasteiger partial charge in [0.25, 0.3) is 0 Å². The number of benzene rings is 2. The van der Waals surface area contributed by atoms with Crippen molar-refractivity contribution in [3.63, 3.8) is 0 Å². The summed E-state index contributed by atoms with van der Waals surface area (Å²) in [5.41, 5.74) is 2.17. The fraction of sp³-hybridized carbons (Fsp3) is 0.250. The first-order valence-electron chi connectivity index (χ1n) is 6.59. The maximum Gasteiger partial charge on any atom is 0.143 e. The van der Waals surface area contributed by atoms with Gasteiger partial charge in [-0.3, -0.25) is 0 Å². The van der Waals surface area contributed by atoms with E-state index in [0.717, 1.165) is 27.8 Å². The molecule has 0 aromatic heterocycles. The van der Waals surface area contributed by atoms with E-state index in [1.807, 2.05) is 24.3 Å².